The van der Waals surface area contributed by atoms with E-state index in [1.54, 1.807) is 0 Å². The maximum Gasteiger partial charge on any atom is 0.227 e. The van der Waals surface area contributed by atoms with Crippen LogP contribution in [0, 0.1) is 11.8 Å². The minimum Gasteiger partial charge on any atom is -0.491 e. The maximum absolute atomic E-state index is 12.2. The third-order valence-corrected chi connectivity index (χ3v) is 3.90. The van der Waals surface area contributed by atoms with E-state index >= 15 is 0 Å². The number of hydrogen-bond donors (Lipinski definition) is 2. The predicted molar refractivity (Wildman–Crippen MR) is 84.1 cm³/mol. The van der Waals surface area contributed by atoms with E-state index in [1.807, 2.05) is 39.0 Å². The Hall–Kier alpha value is -1.07. The van der Waals surface area contributed by atoms with Crippen molar-refractivity contribution in [2.24, 2.45) is 11.8 Å². The molecule has 1 fully saturated rings. The van der Waals surface area contributed by atoms with Gasteiger partial charge in [0.2, 0.25) is 5.91 Å². The molecule has 20 heavy (non-hydrogen) atoms. The smallest absolute Gasteiger partial charge is 0.227 e. The van der Waals surface area contributed by atoms with Gasteiger partial charge in [-0.3, -0.25) is 4.79 Å². The van der Waals surface area contributed by atoms with Crippen molar-refractivity contribution in [2.75, 3.05) is 18.4 Å². The van der Waals surface area contributed by atoms with E-state index in [9.17, 15) is 4.79 Å². The number of nitrogens with one attached hydrogen (secondary N) is 2. The fourth-order valence-electron chi connectivity index (χ4n) is 2.11. The first-order chi connectivity index (χ1) is 9.45. The first-order valence-corrected chi connectivity index (χ1v) is 7.74. The molecule has 1 amide bonds. The Balaban J connectivity index is 2.04. The standard InChI is InChI=1S/C15H21BrN2O2/c1-9(2)20-14-5-12(16)4-13(6-14)18-15(19)10(3)11-7-17-8-11/h4-6,9-11,17H,7-8H2,1-3H3,(H,18,19). The van der Waals surface area contributed by atoms with Crippen LogP contribution in [0.15, 0.2) is 22.7 Å². The summed E-state index contributed by atoms with van der Waals surface area (Å²) in [6, 6.07) is 5.64. The lowest BCUT2D eigenvalue weighted by Gasteiger charge is -2.31. The van der Waals surface area contributed by atoms with Gasteiger partial charge in [-0.05, 0) is 45.0 Å². The van der Waals surface area contributed by atoms with Crippen LogP contribution in [-0.4, -0.2) is 25.1 Å². The SMILES string of the molecule is CC(C)Oc1cc(Br)cc(NC(=O)C(C)C2CNC2)c1. The summed E-state index contributed by atoms with van der Waals surface area (Å²) in [5.41, 5.74) is 0.763. The fraction of sp³-hybridized carbons (Fsp3) is 0.533. The number of benzene rings is 1. The van der Waals surface area contributed by atoms with Crippen LogP contribution >= 0.6 is 15.9 Å². The molecule has 1 heterocycles. The van der Waals surface area contributed by atoms with Gasteiger partial charge in [-0.15, -0.1) is 0 Å². The summed E-state index contributed by atoms with van der Waals surface area (Å²) in [6.45, 7) is 7.78. The monoisotopic (exact) mass is 340 g/mol. The Kier molecular flexibility index (Phi) is 5.05. The third-order valence-electron chi connectivity index (χ3n) is 3.44. The highest BCUT2D eigenvalue weighted by atomic mass is 79.9. The van der Waals surface area contributed by atoms with E-state index in [0.29, 0.717) is 5.92 Å². The van der Waals surface area contributed by atoms with Crippen LogP contribution in [0.2, 0.25) is 0 Å². The van der Waals surface area contributed by atoms with Crippen molar-refractivity contribution in [1.29, 1.82) is 0 Å². The molecular weight excluding hydrogens is 320 g/mol. The molecule has 0 saturated carbocycles. The number of rotatable bonds is 5. The molecule has 1 aromatic carbocycles. The van der Waals surface area contributed by atoms with Crippen molar-refractivity contribution in [3.63, 3.8) is 0 Å². The second kappa shape index (κ2) is 6.59. The average Bonchev–Trinajstić information content (AvgIpc) is 2.24. The quantitative estimate of drug-likeness (QED) is 0.866. The number of anilines is 1. The molecule has 0 aliphatic carbocycles. The molecule has 1 saturated heterocycles. The van der Waals surface area contributed by atoms with Gasteiger partial charge in [0.25, 0.3) is 0 Å². The minimum absolute atomic E-state index is 0.0182. The number of carbonyl (C=O) groups is 1. The minimum atomic E-state index is 0.0182. The molecule has 1 aliphatic heterocycles. The summed E-state index contributed by atoms with van der Waals surface area (Å²) in [5, 5.41) is 6.16. The van der Waals surface area contributed by atoms with E-state index in [2.05, 4.69) is 26.6 Å². The van der Waals surface area contributed by atoms with Crippen LogP contribution < -0.4 is 15.4 Å². The van der Waals surface area contributed by atoms with Gasteiger partial charge < -0.3 is 15.4 Å². The van der Waals surface area contributed by atoms with Crippen molar-refractivity contribution >= 4 is 27.5 Å². The lowest BCUT2D eigenvalue weighted by atomic mass is 9.88. The molecule has 110 valence electrons. The van der Waals surface area contributed by atoms with Crippen molar-refractivity contribution in [1.82, 2.24) is 5.32 Å². The summed E-state index contributed by atoms with van der Waals surface area (Å²) < 4.78 is 6.56. The van der Waals surface area contributed by atoms with Gasteiger partial charge in [0.1, 0.15) is 5.75 Å². The molecule has 2 rings (SSSR count). The molecule has 0 aromatic heterocycles. The molecule has 0 spiro atoms. The van der Waals surface area contributed by atoms with Gasteiger partial charge in [0.05, 0.1) is 6.10 Å². The van der Waals surface area contributed by atoms with Gasteiger partial charge in [0.15, 0.2) is 0 Å². The van der Waals surface area contributed by atoms with E-state index in [4.69, 9.17) is 4.74 Å². The average molecular weight is 341 g/mol. The van der Waals surface area contributed by atoms with Crippen molar-refractivity contribution < 1.29 is 9.53 Å². The molecule has 1 atom stereocenters. The maximum atomic E-state index is 12.2. The summed E-state index contributed by atoms with van der Waals surface area (Å²) in [5.74, 6) is 1.27. The summed E-state index contributed by atoms with van der Waals surface area (Å²) in [7, 11) is 0. The summed E-state index contributed by atoms with van der Waals surface area (Å²) in [4.78, 5) is 12.2. The van der Waals surface area contributed by atoms with Crippen LogP contribution in [-0.2, 0) is 4.79 Å². The van der Waals surface area contributed by atoms with Crippen LogP contribution in [0.3, 0.4) is 0 Å². The van der Waals surface area contributed by atoms with E-state index < -0.39 is 0 Å². The normalized spacial score (nSPS) is 16.6. The van der Waals surface area contributed by atoms with Gasteiger partial charge in [-0.25, -0.2) is 0 Å². The van der Waals surface area contributed by atoms with Gasteiger partial charge in [-0.2, -0.15) is 0 Å². The zero-order chi connectivity index (χ0) is 14.7. The molecule has 0 radical (unpaired) electrons. The number of hydrogen-bond acceptors (Lipinski definition) is 3. The number of carbonyl (C=O) groups excluding carboxylic acids is 1. The topological polar surface area (TPSA) is 50.4 Å². The Morgan fingerprint density at radius 3 is 2.60 bits per heavy atom. The first-order valence-electron chi connectivity index (χ1n) is 6.94. The van der Waals surface area contributed by atoms with Crippen LogP contribution in [0.1, 0.15) is 20.8 Å². The molecular formula is C15H21BrN2O2. The van der Waals surface area contributed by atoms with Gasteiger partial charge in [0, 0.05) is 22.1 Å². The van der Waals surface area contributed by atoms with Crippen LogP contribution in [0.5, 0.6) is 5.75 Å². The summed E-state index contributed by atoms with van der Waals surface area (Å²) >= 11 is 3.44. The molecule has 1 aromatic rings. The third kappa shape index (κ3) is 3.96. The molecule has 5 heteroatoms. The van der Waals surface area contributed by atoms with Crippen molar-refractivity contribution in [3.05, 3.63) is 22.7 Å². The number of halogens is 1. The zero-order valence-electron chi connectivity index (χ0n) is 12.1. The fourth-order valence-corrected chi connectivity index (χ4v) is 2.58. The van der Waals surface area contributed by atoms with Gasteiger partial charge in [-0.1, -0.05) is 22.9 Å². The van der Waals surface area contributed by atoms with E-state index in [0.717, 1.165) is 29.0 Å². The Morgan fingerprint density at radius 1 is 1.35 bits per heavy atom. The molecule has 2 N–H and O–H groups in total. The lowest BCUT2D eigenvalue weighted by molar-refractivity contribution is -0.121. The largest absolute Gasteiger partial charge is 0.491 e. The number of ether oxygens (including phenoxy) is 1. The Morgan fingerprint density at radius 2 is 2.05 bits per heavy atom. The highest BCUT2D eigenvalue weighted by Gasteiger charge is 2.28. The Labute approximate surface area is 128 Å². The highest BCUT2D eigenvalue weighted by Crippen LogP contribution is 2.26. The molecule has 0 bridgehead atoms. The molecule has 1 aliphatic rings. The van der Waals surface area contributed by atoms with Crippen molar-refractivity contribution in [2.45, 2.75) is 26.9 Å². The number of amides is 1. The van der Waals surface area contributed by atoms with Crippen molar-refractivity contribution in [3.8, 4) is 5.75 Å². The lowest BCUT2D eigenvalue weighted by Crippen LogP contribution is -2.48. The predicted octanol–water partition coefficient (Wildman–Crippen LogP) is 3.03. The Bertz CT molecular complexity index is 487. The van der Waals surface area contributed by atoms with Crippen LogP contribution in [0.4, 0.5) is 5.69 Å². The second-order valence-corrected chi connectivity index (χ2v) is 6.45. The first kappa shape index (κ1) is 15.3. The molecule has 1 unspecified atom stereocenters. The van der Waals surface area contributed by atoms with E-state index in [1.165, 1.54) is 0 Å². The van der Waals surface area contributed by atoms with Gasteiger partial charge >= 0.3 is 0 Å². The van der Waals surface area contributed by atoms with E-state index in [-0.39, 0.29) is 17.9 Å². The van der Waals surface area contributed by atoms with Crippen LogP contribution in [0.25, 0.3) is 0 Å². The molecule has 4 nitrogen and oxygen atoms in total. The summed E-state index contributed by atoms with van der Waals surface area (Å²) in [6.07, 6.45) is 0.104. The second-order valence-electron chi connectivity index (χ2n) is 5.54. The zero-order valence-corrected chi connectivity index (χ0v) is 13.7. The highest BCUT2D eigenvalue weighted by molar-refractivity contribution is 9.10.